The molecule has 0 fully saturated rings. The molecule has 0 spiro atoms. The molecule has 23 heavy (non-hydrogen) atoms. The van der Waals surface area contributed by atoms with Crippen LogP contribution in [0.1, 0.15) is 12.5 Å². The summed E-state index contributed by atoms with van der Waals surface area (Å²) in [5.74, 6) is -0.321. The summed E-state index contributed by atoms with van der Waals surface area (Å²) in [6.45, 7) is 1.49. The predicted molar refractivity (Wildman–Crippen MR) is 94.6 cm³/mol. The molecular formula is C18H17ClN2O2. The van der Waals surface area contributed by atoms with Crippen molar-refractivity contribution in [3.8, 4) is 0 Å². The van der Waals surface area contributed by atoms with Crippen molar-refractivity contribution in [2.75, 3.05) is 17.3 Å². The molecule has 5 heteroatoms. The molecule has 0 aromatic heterocycles. The van der Waals surface area contributed by atoms with Crippen molar-refractivity contribution in [3.05, 3.63) is 65.2 Å². The van der Waals surface area contributed by atoms with Crippen molar-refractivity contribution in [3.63, 3.8) is 0 Å². The van der Waals surface area contributed by atoms with Gasteiger partial charge in [-0.1, -0.05) is 29.8 Å². The molecule has 2 amide bonds. The summed E-state index contributed by atoms with van der Waals surface area (Å²) in [5.41, 5.74) is 2.23. The quantitative estimate of drug-likeness (QED) is 0.863. The SMILES string of the molecule is CC(=O)N(C)c1cccc(NC(=O)/C=C/c2ccc(Cl)cc2)c1. The first-order chi connectivity index (χ1) is 11.0. The summed E-state index contributed by atoms with van der Waals surface area (Å²) in [6, 6.07) is 14.3. The first-order valence-electron chi connectivity index (χ1n) is 7.05. The van der Waals surface area contributed by atoms with Crippen LogP contribution in [0.5, 0.6) is 0 Å². The Morgan fingerprint density at radius 3 is 2.48 bits per heavy atom. The molecule has 0 saturated heterocycles. The second-order valence-corrected chi connectivity index (χ2v) is 5.44. The Bertz CT molecular complexity index is 739. The van der Waals surface area contributed by atoms with Gasteiger partial charge >= 0.3 is 0 Å². The van der Waals surface area contributed by atoms with Crippen LogP contribution in [-0.4, -0.2) is 18.9 Å². The van der Waals surface area contributed by atoms with E-state index in [0.717, 1.165) is 11.3 Å². The minimum atomic E-state index is -0.248. The van der Waals surface area contributed by atoms with Crippen LogP contribution < -0.4 is 10.2 Å². The Balaban J connectivity index is 2.04. The van der Waals surface area contributed by atoms with Crippen molar-refractivity contribution >= 4 is 40.9 Å². The fraction of sp³-hybridized carbons (Fsp3) is 0.111. The van der Waals surface area contributed by atoms with E-state index >= 15 is 0 Å². The Morgan fingerprint density at radius 2 is 1.83 bits per heavy atom. The van der Waals surface area contributed by atoms with E-state index in [4.69, 9.17) is 11.6 Å². The number of nitrogens with one attached hydrogen (secondary N) is 1. The molecule has 1 N–H and O–H groups in total. The number of carbonyl (C=O) groups excluding carboxylic acids is 2. The maximum absolute atomic E-state index is 12.0. The molecule has 2 aromatic rings. The molecule has 0 aliphatic rings. The first kappa shape index (κ1) is 16.8. The highest BCUT2D eigenvalue weighted by molar-refractivity contribution is 6.30. The van der Waals surface area contributed by atoms with Crippen LogP contribution in [0.4, 0.5) is 11.4 Å². The number of hydrogen-bond donors (Lipinski definition) is 1. The average molecular weight is 329 g/mol. The summed E-state index contributed by atoms with van der Waals surface area (Å²) in [5, 5.41) is 3.42. The number of nitrogens with zero attached hydrogens (tertiary/aromatic N) is 1. The molecule has 0 bridgehead atoms. The molecule has 0 atom stereocenters. The second kappa shape index (κ2) is 7.61. The Morgan fingerprint density at radius 1 is 1.13 bits per heavy atom. The minimum absolute atomic E-state index is 0.0730. The molecule has 118 valence electrons. The maximum Gasteiger partial charge on any atom is 0.248 e. The smallest absolute Gasteiger partial charge is 0.248 e. The fourth-order valence-corrected chi connectivity index (χ4v) is 2.03. The van der Waals surface area contributed by atoms with E-state index in [0.29, 0.717) is 10.7 Å². The number of carbonyl (C=O) groups is 2. The van der Waals surface area contributed by atoms with Gasteiger partial charge in [-0.3, -0.25) is 9.59 Å². The van der Waals surface area contributed by atoms with Crippen molar-refractivity contribution in [1.29, 1.82) is 0 Å². The molecule has 2 aromatic carbocycles. The van der Waals surface area contributed by atoms with Gasteiger partial charge in [0.2, 0.25) is 11.8 Å². The number of benzene rings is 2. The van der Waals surface area contributed by atoms with E-state index in [1.54, 1.807) is 49.5 Å². The molecule has 2 rings (SSSR count). The van der Waals surface area contributed by atoms with Crippen LogP contribution in [0.15, 0.2) is 54.6 Å². The van der Waals surface area contributed by atoms with Gasteiger partial charge in [0.25, 0.3) is 0 Å². The van der Waals surface area contributed by atoms with Crippen LogP contribution >= 0.6 is 11.6 Å². The molecule has 0 unspecified atom stereocenters. The van der Waals surface area contributed by atoms with Gasteiger partial charge in [-0.25, -0.2) is 0 Å². The minimum Gasteiger partial charge on any atom is -0.322 e. The fourth-order valence-electron chi connectivity index (χ4n) is 1.90. The summed E-state index contributed by atoms with van der Waals surface area (Å²) in [4.78, 5) is 24.9. The van der Waals surface area contributed by atoms with Gasteiger partial charge in [-0.05, 0) is 42.0 Å². The van der Waals surface area contributed by atoms with E-state index in [2.05, 4.69) is 5.32 Å². The first-order valence-corrected chi connectivity index (χ1v) is 7.42. The van der Waals surface area contributed by atoms with E-state index in [9.17, 15) is 9.59 Å². The third kappa shape index (κ3) is 4.97. The molecule has 0 saturated carbocycles. The van der Waals surface area contributed by atoms with Crippen molar-refractivity contribution in [2.24, 2.45) is 0 Å². The lowest BCUT2D eigenvalue weighted by molar-refractivity contribution is -0.116. The maximum atomic E-state index is 12.0. The van der Waals surface area contributed by atoms with Gasteiger partial charge in [0, 0.05) is 36.4 Å². The predicted octanol–water partition coefficient (Wildman–Crippen LogP) is 3.97. The lowest BCUT2D eigenvalue weighted by Gasteiger charge is -2.15. The normalized spacial score (nSPS) is 10.6. The Hall–Kier alpha value is -2.59. The summed E-state index contributed by atoms with van der Waals surface area (Å²) in [7, 11) is 1.68. The number of rotatable bonds is 4. The van der Waals surface area contributed by atoms with Crippen LogP contribution in [0.2, 0.25) is 5.02 Å². The van der Waals surface area contributed by atoms with E-state index < -0.39 is 0 Å². The highest BCUT2D eigenvalue weighted by Gasteiger charge is 2.06. The van der Waals surface area contributed by atoms with Gasteiger partial charge in [0.05, 0.1) is 0 Å². The third-order valence-corrected chi connectivity index (χ3v) is 3.52. The summed E-state index contributed by atoms with van der Waals surface area (Å²) >= 11 is 5.81. The van der Waals surface area contributed by atoms with Gasteiger partial charge in [-0.2, -0.15) is 0 Å². The number of hydrogen-bond acceptors (Lipinski definition) is 2. The van der Waals surface area contributed by atoms with E-state index in [1.165, 1.54) is 17.9 Å². The average Bonchev–Trinajstić information content (AvgIpc) is 2.53. The van der Waals surface area contributed by atoms with Crippen molar-refractivity contribution in [2.45, 2.75) is 6.92 Å². The Kier molecular flexibility index (Phi) is 5.55. The van der Waals surface area contributed by atoms with Crippen LogP contribution in [0, 0.1) is 0 Å². The highest BCUT2D eigenvalue weighted by Crippen LogP contribution is 2.18. The number of halogens is 1. The Labute approximate surface area is 140 Å². The van der Waals surface area contributed by atoms with E-state index in [-0.39, 0.29) is 11.8 Å². The number of anilines is 2. The zero-order valence-corrected chi connectivity index (χ0v) is 13.7. The molecule has 4 nitrogen and oxygen atoms in total. The highest BCUT2D eigenvalue weighted by atomic mass is 35.5. The van der Waals surface area contributed by atoms with Crippen LogP contribution in [0.25, 0.3) is 6.08 Å². The zero-order valence-electron chi connectivity index (χ0n) is 12.9. The summed E-state index contributed by atoms with van der Waals surface area (Å²) < 4.78 is 0. The molecule has 0 heterocycles. The third-order valence-electron chi connectivity index (χ3n) is 3.27. The van der Waals surface area contributed by atoms with Crippen LogP contribution in [0.3, 0.4) is 0 Å². The lowest BCUT2D eigenvalue weighted by Crippen LogP contribution is -2.22. The largest absolute Gasteiger partial charge is 0.322 e. The molecular weight excluding hydrogens is 312 g/mol. The standard InChI is InChI=1S/C18H17ClN2O2/c1-13(22)21(2)17-5-3-4-16(12-17)20-18(23)11-8-14-6-9-15(19)10-7-14/h3-12H,1-2H3,(H,20,23)/b11-8+. The zero-order chi connectivity index (χ0) is 16.8. The van der Waals surface area contributed by atoms with E-state index in [1.807, 2.05) is 12.1 Å². The topological polar surface area (TPSA) is 49.4 Å². The molecule has 0 aliphatic heterocycles. The van der Waals surface area contributed by atoms with Gasteiger partial charge in [0.1, 0.15) is 0 Å². The number of amides is 2. The summed E-state index contributed by atoms with van der Waals surface area (Å²) in [6.07, 6.45) is 3.15. The van der Waals surface area contributed by atoms with Crippen molar-refractivity contribution < 1.29 is 9.59 Å². The molecule has 0 aliphatic carbocycles. The van der Waals surface area contributed by atoms with Gasteiger partial charge in [0.15, 0.2) is 0 Å². The van der Waals surface area contributed by atoms with Crippen molar-refractivity contribution in [1.82, 2.24) is 0 Å². The van der Waals surface area contributed by atoms with Gasteiger partial charge < -0.3 is 10.2 Å². The van der Waals surface area contributed by atoms with Gasteiger partial charge in [-0.15, -0.1) is 0 Å². The van der Waals surface area contributed by atoms with Crippen LogP contribution in [-0.2, 0) is 9.59 Å². The second-order valence-electron chi connectivity index (χ2n) is 5.00. The monoisotopic (exact) mass is 328 g/mol. The molecule has 0 radical (unpaired) electrons. The lowest BCUT2D eigenvalue weighted by atomic mass is 10.2.